The molecule has 2 unspecified atom stereocenters. The number of hydrogen-bond donors (Lipinski definition) is 2. The minimum atomic E-state index is 0.113. The van der Waals surface area contributed by atoms with Crippen LogP contribution in [0.2, 0.25) is 0 Å². The third kappa shape index (κ3) is 3.10. The molecule has 0 aromatic carbocycles. The van der Waals surface area contributed by atoms with Crippen molar-refractivity contribution in [3.8, 4) is 0 Å². The van der Waals surface area contributed by atoms with Crippen LogP contribution in [0, 0.1) is 0 Å². The summed E-state index contributed by atoms with van der Waals surface area (Å²) in [6.07, 6.45) is 2.21. The second-order valence-electron chi connectivity index (χ2n) is 5.18. The van der Waals surface area contributed by atoms with Gasteiger partial charge in [-0.15, -0.1) is 0 Å². The van der Waals surface area contributed by atoms with Gasteiger partial charge in [-0.2, -0.15) is 0 Å². The van der Waals surface area contributed by atoms with E-state index in [4.69, 9.17) is 0 Å². The lowest BCUT2D eigenvalue weighted by Crippen LogP contribution is -2.54. The first-order valence-electron chi connectivity index (χ1n) is 6.67. The van der Waals surface area contributed by atoms with E-state index in [0.717, 1.165) is 45.6 Å². The summed E-state index contributed by atoms with van der Waals surface area (Å²) in [5.41, 5.74) is 0. The predicted molar refractivity (Wildman–Crippen MR) is 68.1 cm³/mol. The van der Waals surface area contributed by atoms with Crippen molar-refractivity contribution in [3.63, 3.8) is 0 Å². The number of likely N-dealkylation sites (N-methyl/N-ethyl adjacent to an activating group) is 1. The Morgan fingerprint density at radius 1 is 1.47 bits per heavy atom. The first-order chi connectivity index (χ1) is 8.20. The van der Waals surface area contributed by atoms with Crippen LogP contribution in [-0.2, 0) is 0 Å². The van der Waals surface area contributed by atoms with Crippen molar-refractivity contribution in [2.24, 2.45) is 0 Å². The van der Waals surface area contributed by atoms with Gasteiger partial charge in [-0.25, -0.2) is 4.79 Å². The third-order valence-corrected chi connectivity index (χ3v) is 3.77. The molecule has 2 N–H and O–H groups in total. The van der Waals surface area contributed by atoms with E-state index in [9.17, 15) is 4.79 Å². The Morgan fingerprint density at radius 2 is 2.29 bits per heavy atom. The van der Waals surface area contributed by atoms with Gasteiger partial charge in [-0.05, 0) is 13.5 Å². The van der Waals surface area contributed by atoms with Crippen LogP contribution in [0.4, 0.5) is 4.79 Å². The van der Waals surface area contributed by atoms with Crippen molar-refractivity contribution < 1.29 is 4.79 Å². The first kappa shape index (κ1) is 12.6. The summed E-state index contributed by atoms with van der Waals surface area (Å²) >= 11 is 0. The molecule has 5 nitrogen and oxygen atoms in total. The predicted octanol–water partition coefficient (Wildman–Crippen LogP) is 0.0839. The number of piperazine rings is 1. The van der Waals surface area contributed by atoms with E-state index in [1.165, 1.54) is 0 Å². The van der Waals surface area contributed by atoms with Gasteiger partial charge in [0.2, 0.25) is 0 Å². The van der Waals surface area contributed by atoms with Crippen molar-refractivity contribution in [2.75, 3.05) is 39.8 Å². The van der Waals surface area contributed by atoms with Crippen LogP contribution in [0.3, 0.4) is 0 Å². The molecule has 5 heteroatoms. The molecule has 2 rings (SSSR count). The SMILES string of the molecule is CCCC1CN(CC2CNCCN2C)C(=O)N1. The Kier molecular flexibility index (Phi) is 4.23. The molecule has 98 valence electrons. The molecule has 17 heavy (non-hydrogen) atoms. The fourth-order valence-corrected chi connectivity index (χ4v) is 2.65. The molecule has 2 aliphatic rings. The lowest BCUT2D eigenvalue weighted by Gasteiger charge is -2.35. The van der Waals surface area contributed by atoms with Crippen LogP contribution in [0.5, 0.6) is 0 Å². The van der Waals surface area contributed by atoms with Crippen LogP contribution >= 0.6 is 0 Å². The van der Waals surface area contributed by atoms with Gasteiger partial charge in [-0.3, -0.25) is 4.90 Å². The number of amides is 2. The van der Waals surface area contributed by atoms with E-state index in [0.29, 0.717) is 12.1 Å². The van der Waals surface area contributed by atoms with Crippen molar-refractivity contribution in [1.82, 2.24) is 20.4 Å². The number of hydrogen-bond acceptors (Lipinski definition) is 3. The summed E-state index contributed by atoms with van der Waals surface area (Å²) in [5, 5.41) is 6.45. The Morgan fingerprint density at radius 3 is 3.00 bits per heavy atom. The van der Waals surface area contributed by atoms with E-state index in [1.807, 2.05) is 4.90 Å². The quantitative estimate of drug-likeness (QED) is 0.732. The second-order valence-corrected chi connectivity index (χ2v) is 5.18. The summed E-state index contributed by atoms with van der Waals surface area (Å²) in [7, 11) is 2.14. The van der Waals surface area contributed by atoms with Crippen molar-refractivity contribution in [2.45, 2.75) is 31.8 Å². The topological polar surface area (TPSA) is 47.6 Å². The molecule has 0 aliphatic carbocycles. The monoisotopic (exact) mass is 240 g/mol. The summed E-state index contributed by atoms with van der Waals surface area (Å²) in [6.45, 7) is 6.98. The lowest BCUT2D eigenvalue weighted by atomic mass is 10.1. The number of rotatable bonds is 4. The van der Waals surface area contributed by atoms with E-state index in [-0.39, 0.29) is 6.03 Å². The van der Waals surface area contributed by atoms with Crippen molar-refractivity contribution in [3.05, 3.63) is 0 Å². The maximum atomic E-state index is 11.8. The van der Waals surface area contributed by atoms with Crippen LogP contribution < -0.4 is 10.6 Å². The van der Waals surface area contributed by atoms with E-state index >= 15 is 0 Å². The molecule has 2 heterocycles. The number of urea groups is 1. The smallest absolute Gasteiger partial charge is 0.317 e. The lowest BCUT2D eigenvalue weighted by molar-refractivity contribution is 0.154. The number of carbonyl (C=O) groups is 1. The molecular weight excluding hydrogens is 216 g/mol. The molecule has 2 amide bonds. The zero-order chi connectivity index (χ0) is 12.3. The molecule has 0 aromatic rings. The summed E-state index contributed by atoms with van der Waals surface area (Å²) in [5.74, 6) is 0. The Hall–Kier alpha value is -0.810. The normalized spacial score (nSPS) is 30.7. The minimum absolute atomic E-state index is 0.113. The Balaban J connectivity index is 1.84. The molecule has 0 radical (unpaired) electrons. The molecule has 0 bridgehead atoms. The molecule has 2 fully saturated rings. The number of carbonyl (C=O) groups excluding carboxylic acids is 1. The summed E-state index contributed by atoms with van der Waals surface area (Å²) in [4.78, 5) is 16.1. The first-order valence-corrected chi connectivity index (χ1v) is 6.67. The van der Waals surface area contributed by atoms with Crippen molar-refractivity contribution in [1.29, 1.82) is 0 Å². The van der Waals surface area contributed by atoms with Crippen molar-refractivity contribution >= 4 is 6.03 Å². The van der Waals surface area contributed by atoms with Gasteiger partial charge in [0.25, 0.3) is 0 Å². The van der Waals surface area contributed by atoms with Crippen LogP contribution in [-0.4, -0.2) is 67.7 Å². The molecule has 2 atom stereocenters. The number of nitrogens with zero attached hydrogens (tertiary/aromatic N) is 2. The highest BCUT2D eigenvalue weighted by atomic mass is 16.2. The van der Waals surface area contributed by atoms with Crippen LogP contribution in [0.15, 0.2) is 0 Å². The van der Waals surface area contributed by atoms with E-state index < -0.39 is 0 Å². The third-order valence-electron chi connectivity index (χ3n) is 3.77. The maximum absolute atomic E-state index is 11.8. The second kappa shape index (κ2) is 5.69. The zero-order valence-corrected chi connectivity index (χ0v) is 10.9. The molecular formula is C12H24N4O. The van der Waals surface area contributed by atoms with E-state index in [1.54, 1.807) is 0 Å². The fourth-order valence-electron chi connectivity index (χ4n) is 2.65. The molecule has 0 aromatic heterocycles. The zero-order valence-electron chi connectivity index (χ0n) is 10.9. The average molecular weight is 240 g/mol. The molecule has 0 spiro atoms. The highest BCUT2D eigenvalue weighted by Gasteiger charge is 2.31. The largest absolute Gasteiger partial charge is 0.333 e. The van der Waals surface area contributed by atoms with Crippen LogP contribution in [0.1, 0.15) is 19.8 Å². The average Bonchev–Trinajstić information content (AvgIpc) is 2.63. The van der Waals surface area contributed by atoms with Gasteiger partial charge in [0, 0.05) is 44.8 Å². The molecule has 0 saturated carbocycles. The number of nitrogens with one attached hydrogen (secondary N) is 2. The highest BCUT2D eigenvalue weighted by molar-refractivity contribution is 5.76. The van der Waals surface area contributed by atoms with Gasteiger partial charge in [0.1, 0.15) is 0 Å². The van der Waals surface area contributed by atoms with Gasteiger partial charge < -0.3 is 15.5 Å². The fraction of sp³-hybridized carbons (Fsp3) is 0.917. The maximum Gasteiger partial charge on any atom is 0.317 e. The molecule has 2 aliphatic heterocycles. The standard InChI is InChI=1S/C12H24N4O/c1-3-4-10-8-16(12(17)14-10)9-11-7-13-5-6-15(11)2/h10-11,13H,3-9H2,1-2H3,(H,14,17). The van der Waals surface area contributed by atoms with Gasteiger partial charge in [0.15, 0.2) is 0 Å². The minimum Gasteiger partial charge on any atom is -0.333 e. The Labute approximate surface area is 104 Å². The van der Waals surface area contributed by atoms with Gasteiger partial charge in [-0.1, -0.05) is 13.3 Å². The van der Waals surface area contributed by atoms with Crippen LogP contribution in [0.25, 0.3) is 0 Å². The Bertz CT molecular complexity index is 271. The summed E-state index contributed by atoms with van der Waals surface area (Å²) in [6, 6.07) is 0.923. The highest BCUT2D eigenvalue weighted by Crippen LogP contribution is 2.11. The van der Waals surface area contributed by atoms with Gasteiger partial charge >= 0.3 is 6.03 Å². The summed E-state index contributed by atoms with van der Waals surface area (Å²) < 4.78 is 0. The molecule has 2 saturated heterocycles. The van der Waals surface area contributed by atoms with E-state index in [2.05, 4.69) is 29.5 Å². The van der Waals surface area contributed by atoms with Gasteiger partial charge in [0.05, 0.1) is 0 Å².